The maximum atomic E-state index is 12.4. The highest BCUT2D eigenvalue weighted by Crippen LogP contribution is 2.35. The fourth-order valence-corrected chi connectivity index (χ4v) is 4.03. The van der Waals surface area contributed by atoms with Gasteiger partial charge in [-0.3, -0.25) is 19.3 Å². The van der Waals surface area contributed by atoms with E-state index >= 15 is 0 Å². The van der Waals surface area contributed by atoms with Crippen molar-refractivity contribution in [3.05, 3.63) is 58.7 Å². The van der Waals surface area contributed by atoms with Crippen molar-refractivity contribution in [1.29, 1.82) is 0 Å². The summed E-state index contributed by atoms with van der Waals surface area (Å²) < 4.78 is 11.6. The van der Waals surface area contributed by atoms with Crippen LogP contribution < -0.4 is 14.8 Å². The van der Waals surface area contributed by atoms with Crippen molar-refractivity contribution in [2.24, 2.45) is 0 Å². The van der Waals surface area contributed by atoms with E-state index in [0.29, 0.717) is 30.7 Å². The van der Waals surface area contributed by atoms with E-state index in [1.54, 1.807) is 24.3 Å². The second kappa shape index (κ2) is 8.79. The third-order valence-corrected chi connectivity index (χ3v) is 5.52. The molecule has 0 aromatic heterocycles. The minimum Gasteiger partial charge on any atom is -0.494 e. The van der Waals surface area contributed by atoms with Crippen LogP contribution in [0.25, 0.3) is 0 Å². The molecule has 0 bridgehead atoms. The van der Waals surface area contributed by atoms with Crippen LogP contribution in [-0.4, -0.2) is 41.9 Å². The number of ether oxygens (including phenoxy) is 2. The lowest BCUT2D eigenvalue weighted by Gasteiger charge is -2.15. The number of benzene rings is 2. The average Bonchev–Trinajstić information content (AvgIpc) is 3.23. The quantitative estimate of drug-likeness (QED) is 0.661. The molecule has 2 aromatic rings. The average molecular weight is 422 g/mol. The van der Waals surface area contributed by atoms with E-state index in [9.17, 15) is 14.4 Å². The van der Waals surface area contributed by atoms with Gasteiger partial charge in [0.1, 0.15) is 17.6 Å². The van der Waals surface area contributed by atoms with Crippen molar-refractivity contribution >= 4 is 17.7 Å². The molecule has 0 saturated carbocycles. The Kier molecular flexibility index (Phi) is 5.93. The van der Waals surface area contributed by atoms with Crippen LogP contribution in [0.5, 0.6) is 11.5 Å². The number of nitrogens with zero attached hydrogens (tertiary/aromatic N) is 1. The summed E-state index contributed by atoms with van der Waals surface area (Å²) in [6.07, 6.45) is 1.60. The zero-order chi connectivity index (χ0) is 22.0. The highest BCUT2D eigenvalue weighted by molar-refractivity contribution is 6.21. The lowest BCUT2D eigenvalue weighted by Crippen LogP contribution is -2.32. The Morgan fingerprint density at radius 2 is 1.90 bits per heavy atom. The highest BCUT2D eigenvalue weighted by atomic mass is 16.5. The van der Waals surface area contributed by atoms with Gasteiger partial charge in [0.05, 0.1) is 17.7 Å². The van der Waals surface area contributed by atoms with Gasteiger partial charge in [-0.25, -0.2) is 0 Å². The first-order valence-electron chi connectivity index (χ1n) is 10.6. The SMILES string of the molecule is CCOc1cc2c(cc1CNC(=O)CCCN1C(=O)c3ccccc3C1=O)O[C@H](C)C2. The molecule has 1 N–H and O–H groups in total. The first-order chi connectivity index (χ1) is 15.0. The molecular weight excluding hydrogens is 396 g/mol. The first-order valence-corrected chi connectivity index (χ1v) is 10.6. The molecule has 0 unspecified atom stereocenters. The number of fused-ring (bicyclic) bond motifs is 2. The Morgan fingerprint density at radius 3 is 2.58 bits per heavy atom. The summed E-state index contributed by atoms with van der Waals surface area (Å²) >= 11 is 0. The zero-order valence-corrected chi connectivity index (χ0v) is 17.8. The number of nitrogens with one attached hydrogen (secondary N) is 1. The molecule has 162 valence electrons. The monoisotopic (exact) mass is 422 g/mol. The second-order valence-corrected chi connectivity index (χ2v) is 7.82. The van der Waals surface area contributed by atoms with Gasteiger partial charge in [-0.15, -0.1) is 0 Å². The molecule has 2 aromatic carbocycles. The molecule has 2 aliphatic rings. The summed E-state index contributed by atoms with van der Waals surface area (Å²) in [5.41, 5.74) is 2.83. The molecule has 31 heavy (non-hydrogen) atoms. The van der Waals surface area contributed by atoms with Gasteiger partial charge in [-0.05, 0) is 44.5 Å². The first kappa shape index (κ1) is 20.9. The molecule has 0 radical (unpaired) electrons. The summed E-state index contributed by atoms with van der Waals surface area (Å²) in [6.45, 7) is 5.03. The fourth-order valence-electron chi connectivity index (χ4n) is 4.03. The van der Waals surface area contributed by atoms with Crippen molar-refractivity contribution in [2.75, 3.05) is 13.2 Å². The van der Waals surface area contributed by atoms with Crippen LogP contribution in [0.2, 0.25) is 0 Å². The third kappa shape index (κ3) is 4.26. The van der Waals surface area contributed by atoms with Gasteiger partial charge in [-0.2, -0.15) is 0 Å². The standard InChI is InChI=1S/C24H26N2O5/c1-3-30-20-12-16-11-15(2)31-21(16)13-17(20)14-25-22(27)9-6-10-26-23(28)18-7-4-5-8-19(18)24(26)29/h4-5,7-8,12-13,15H,3,6,9-11,14H2,1-2H3,(H,25,27)/t15-/m1/s1. The molecular formula is C24H26N2O5. The van der Waals surface area contributed by atoms with Crippen molar-refractivity contribution in [1.82, 2.24) is 10.2 Å². The van der Waals surface area contributed by atoms with Crippen LogP contribution in [-0.2, 0) is 17.8 Å². The Labute approximate surface area is 181 Å². The number of imide groups is 1. The van der Waals surface area contributed by atoms with E-state index in [1.165, 1.54) is 4.90 Å². The fraction of sp³-hybridized carbons (Fsp3) is 0.375. The van der Waals surface area contributed by atoms with Gasteiger partial charge in [0.15, 0.2) is 0 Å². The summed E-state index contributed by atoms with van der Waals surface area (Å²) in [6, 6.07) is 10.7. The Bertz CT molecular complexity index is 998. The molecule has 3 amide bonds. The molecule has 4 rings (SSSR count). The van der Waals surface area contributed by atoms with Gasteiger partial charge >= 0.3 is 0 Å². The van der Waals surface area contributed by atoms with Gasteiger partial charge in [0.2, 0.25) is 5.91 Å². The second-order valence-electron chi connectivity index (χ2n) is 7.82. The number of hydrogen-bond acceptors (Lipinski definition) is 5. The van der Waals surface area contributed by atoms with E-state index < -0.39 is 0 Å². The van der Waals surface area contributed by atoms with E-state index in [1.807, 2.05) is 26.0 Å². The normalized spacial score (nSPS) is 16.7. The van der Waals surface area contributed by atoms with Crippen LogP contribution in [0.4, 0.5) is 0 Å². The van der Waals surface area contributed by atoms with Crippen LogP contribution in [0.1, 0.15) is 58.5 Å². The topological polar surface area (TPSA) is 84.9 Å². The highest BCUT2D eigenvalue weighted by Gasteiger charge is 2.34. The Morgan fingerprint density at radius 1 is 1.19 bits per heavy atom. The van der Waals surface area contributed by atoms with Crippen LogP contribution >= 0.6 is 0 Å². The third-order valence-electron chi connectivity index (χ3n) is 5.52. The molecule has 0 spiro atoms. The Balaban J connectivity index is 1.30. The number of rotatable bonds is 8. The van der Waals surface area contributed by atoms with Crippen molar-refractivity contribution in [3.8, 4) is 11.5 Å². The molecule has 2 heterocycles. The van der Waals surface area contributed by atoms with E-state index in [0.717, 1.165) is 29.0 Å². The summed E-state index contributed by atoms with van der Waals surface area (Å²) in [7, 11) is 0. The smallest absolute Gasteiger partial charge is 0.261 e. The van der Waals surface area contributed by atoms with Crippen LogP contribution in [0.3, 0.4) is 0 Å². The Hall–Kier alpha value is -3.35. The maximum Gasteiger partial charge on any atom is 0.261 e. The predicted octanol–water partition coefficient (Wildman–Crippen LogP) is 3.10. The number of hydrogen-bond donors (Lipinski definition) is 1. The summed E-state index contributed by atoms with van der Waals surface area (Å²) in [4.78, 5) is 38.3. The minimum atomic E-state index is -0.297. The maximum absolute atomic E-state index is 12.4. The van der Waals surface area contributed by atoms with E-state index in [2.05, 4.69) is 5.32 Å². The van der Waals surface area contributed by atoms with Crippen molar-refractivity contribution < 1.29 is 23.9 Å². The minimum absolute atomic E-state index is 0.136. The van der Waals surface area contributed by atoms with Crippen molar-refractivity contribution in [3.63, 3.8) is 0 Å². The van der Waals surface area contributed by atoms with Gasteiger partial charge in [-0.1, -0.05) is 12.1 Å². The molecule has 0 saturated heterocycles. The molecule has 7 nitrogen and oxygen atoms in total. The molecule has 2 aliphatic heterocycles. The molecule has 0 fully saturated rings. The van der Waals surface area contributed by atoms with E-state index in [-0.39, 0.29) is 36.8 Å². The van der Waals surface area contributed by atoms with Crippen molar-refractivity contribution in [2.45, 2.75) is 45.8 Å². The predicted molar refractivity (Wildman–Crippen MR) is 114 cm³/mol. The summed E-state index contributed by atoms with van der Waals surface area (Å²) in [5, 5.41) is 2.90. The number of amides is 3. The zero-order valence-electron chi connectivity index (χ0n) is 17.8. The summed E-state index contributed by atoms with van der Waals surface area (Å²) in [5.74, 6) is 0.856. The lowest BCUT2D eigenvalue weighted by atomic mass is 10.1. The number of carbonyl (C=O) groups is 3. The van der Waals surface area contributed by atoms with E-state index in [4.69, 9.17) is 9.47 Å². The largest absolute Gasteiger partial charge is 0.494 e. The lowest BCUT2D eigenvalue weighted by molar-refractivity contribution is -0.121. The van der Waals surface area contributed by atoms with Gasteiger partial charge in [0.25, 0.3) is 11.8 Å². The van der Waals surface area contributed by atoms with Crippen LogP contribution in [0, 0.1) is 0 Å². The number of carbonyl (C=O) groups excluding carboxylic acids is 3. The van der Waals surface area contributed by atoms with Crippen LogP contribution in [0.15, 0.2) is 36.4 Å². The molecule has 0 aliphatic carbocycles. The molecule has 7 heteroatoms. The molecule has 1 atom stereocenters. The van der Waals surface area contributed by atoms with Gasteiger partial charge in [0, 0.05) is 37.1 Å². The van der Waals surface area contributed by atoms with Gasteiger partial charge < -0.3 is 14.8 Å².